The standard InChI is InChI=1S/C12H14ClNO/c1-4-9-5-6-10(7-11(9)13)12(2,3)14-8-15/h5-7H,4H2,1-3H3. The van der Waals surface area contributed by atoms with E-state index < -0.39 is 5.54 Å². The molecule has 2 nitrogen and oxygen atoms in total. The van der Waals surface area contributed by atoms with Crippen molar-refractivity contribution < 1.29 is 4.79 Å². The van der Waals surface area contributed by atoms with Gasteiger partial charge in [-0.1, -0.05) is 30.7 Å². The molecule has 0 spiro atoms. The largest absolute Gasteiger partial charge is 0.235 e. The van der Waals surface area contributed by atoms with Crippen LogP contribution >= 0.6 is 11.6 Å². The van der Waals surface area contributed by atoms with Crippen molar-refractivity contribution in [3.8, 4) is 0 Å². The van der Waals surface area contributed by atoms with Crippen LogP contribution in [-0.4, -0.2) is 6.08 Å². The molecule has 0 aliphatic rings. The van der Waals surface area contributed by atoms with Crippen LogP contribution in [0.4, 0.5) is 0 Å². The van der Waals surface area contributed by atoms with E-state index in [-0.39, 0.29) is 0 Å². The maximum Gasteiger partial charge on any atom is 0.235 e. The van der Waals surface area contributed by atoms with Crippen LogP contribution < -0.4 is 0 Å². The lowest BCUT2D eigenvalue weighted by Crippen LogP contribution is -2.13. The molecule has 1 aromatic rings. The van der Waals surface area contributed by atoms with Crippen LogP contribution in [0.25, 0.3) is 0 Å². The molecule has 15 heavy (non-hydrogen) atoms. The summed E-state index contributed by atoms with van der Waals surface area (Å²) in [6, 6.07) is 5.78. The summed E-state index contributed by atoms with van der Waals surface area (Å²) in [5.74, 6) is 0. The molecule has 0 aliphatic heterocycles. The first kappa shape index (κ1) is 12.0. The van der Waals surface area contributed by atoms with Crippen LogP contribution in [0.3, 0.4) is 0 Å². The third-order valence-corrected chi connectivity index (χ3v) is 2.82. The summed E-state index contributed by atoms with van der Waals surface area (Å²) in [4.78, 5) is 14.0. The van der Waals surface area contributed by atoms with Gasteiger partial charge in [-0.15, -0.1) is 0 Å². The predicted molar refractivity (Wildman–Crippen MR) is 62.0 cm³/mol. The molecule has 0 fully saturated rings. The van der Waals surface area contributed by atoms with Crippen molar-refractivity contribution in [3.63, 3.8) is 0 Å². The molecule has 0 heterocycles. The average molecular weight is 224 g/mol. The number of rotatable bonds is 3. The van der Waals surface area contributed by atoms with Gasteiger partial charge in [-0.2, -0.15) is 4.99 Å². The predicted octanol–water partition coefficient (Wildman–Crippen LogP) is 3.47. The first-order valence-electron chi connectivity index (χ1n) is 4.89. The summed E-state index contributed by atoms with van der Waals surface area (Å²) in [5, 5.41) is 0.726. The van der Waals surface area contributed by atoms with E-state index in [9.17, 15) is 4.79 Å². The molecule has 0 aliphatic carbocycles. The van der Waals surface area contributed by atoms with E-state index in [1.54, 1.807) is 6.08 Å². The molecule has 0 aromatic heterocycles. The number of isocyanates is 1. The normalized spacial score (nSPS) is 10.9. The highest BCUT2D eigenvalue weighted by Gasteiger charge is 2.19. The minimum atomic E-state index is -0.558. The smallest absolute Gasteiger partial charge is 0.211 e. The first-order valence-corrected chi connectivity index (χ1v) is 5.27. The molecule has 0 atom stereocenters. The van der Waals surface area contributed by atoms with E-state index in [1.807, 2.05) is 32.0 Å². The molecule has 80 valence electrons. The quantitative estimate of drug-likeness (QED) is 0.570. The van der Waals surface area contributed by atoms with Crippen molar-refractivity contribution in [1.82, 2.24) is 0 Å². The van der Waals surface area contributed by atoms with Gasteiger partial charge in [0.25, 0.3) is 0 Å². The van der Waals surface area contributed by atoms with Crippen LogP contribution in [-0.2, 0) is 16.8 Å². The summed E-state index contributed by atoms with van der Waals surface area (Å²) in [6.07, 6.45) is 2.49. The zero-order chi connectivity index (χ0) is 11.5. The van der Waals surface area contributed by atoms with Crippen LogP contribution in [0.5, 0.6) is 0 Å². The molecule has 0 N–H and O–H groups in total. The Morgan fingerprint density at radius 2 is 2.13 bits per heavy atom. The second-order valence-corrected chi connectivity index (χ2v) is 4.33. The van der Waals surface area contributed by atoms with Gasteiger partial charge in [0.1, 0.15) is 0 Å². The average Bonchev–Trinajstić information content (AvgIpc) is 2.17. The summed E-state index contributed by atoms with van der Waals surface area (Å²) in [7, 11) is 0. The van der Waals surface area contributed by atoms with Crippen molar-refractivity contribution in [3.05, 3.63) is 34.3 Å². The third kappa shape index (κ3) is 2.68. The Bertz CT molecular complexity index is 406. The Morgan fingerprint density at radius 3 is 2.60 bits per heavy atom. The zero-order valence-electron chi connectivity index (χ0n) is 9.17. The Balaban J connectivity index is 3.17. The highest BCUT2D eigenvalue weighted by molar-refractivity contribution is 6.31. The van der Waals surface area contributed by atoms with Gasteiger partial charge in [-0.05, 0) is 37.5 Å². The van der Waals surface area contributed by atoms with Gasteiger partial charge in [0.2, 0.25) is 6.08 Å². The topological polar surface area (TPSA) is 29.4 Å². The van der Waals surface area contributed by atoms with E-state index >= 15 is 0 Å². The van der Waals surface area contributed by atoms with Crippen molar-refractivity contribution >= 4 is 17.7 Å². The maximum atomic E-state index is 10.3. The molecule has 1 aromatic carbocycles. The third-order valence-electron chi connectivity index (χ3n) is 2.47. The molecule has 0 radical (unpaired) electrons. The van der Waals surface area contributed by atoms with E-state index in [0.29, 0.717) is 0 Å². The van der Waals surface area contributed by atoms with Gasteiger partial charge in [0.15, 0.2) is 0 Å². The van der Waals surface area contributed by atoms with Crippen LogP contribution in [0.2, 0.25) is 5.02 Å². The van der Waals surface area contributed by atoms with Gasteiger partial charge >= 0.3 is 0 Å². The highest BCUT2D eigenvalue weighted by atomic mass is 35.5. The molecule has 0 unspecified atom stereocenters. The van der Waals surface area contributed by atoms with Crippen molar-refractivity contribution in [2.75, 3.05) is 0 Å². The Kier molecular flexibility index (Phi) is 3.67. The monoisotopic (exact) mass is 223 g/mol. The number of carbonyl (C=O) groups excluding carboxylic acids is 1. The molecule has 3 heteroatoms. The molecule has 1 rings (SSSR count). The summed E-state index contributed by atoms with van der Waals surface area (Å²) in [5.41, 5.74) is 1.47. The summed E-state index contributed by atoms with van der Waals surface area (Å²) >= 11 is 6.10. The Morgan fingerprint density at radius 1 is 1.47 bits per heavy atom. The number of halogens is 1. The van der Waals surface area contributed by atoms with Crippen LogP contribution in [0.1, 0.15) is 31.9 Å². The molecule has 0 amide bonds. The lowest BCUT2D eigenvalue weighted by molar-refractivity contribution is 0.523. The van der Waals surface area contributed by atoms with Gasteiger partial charge in [-0.25, -0.2) is 4.79 Å². The fourth-order valence-electron chi connectivity index (χ4n) is 1.39. The van der Waals surface area contributed by atoms with Crippen molar-refractivity contribution in [1.29, 1.82) is 0 Å². The second kappa shape index (κ2) is 4.61. The van der Waals surface area contributed by atoms with Crippen molar-refractivity contribution in [2.45, 2.75) is 32.7 Å². The summed E-state index contributed by atoms with van der Waals surface area (Å²) in [6.45, 7) is 5.76. The molecule has 0 bridgehead atoms. The van der Waals surface area contributed by atoms with Crippen LogP contribution in [0, 0.1) is 0 Å². The Labute approximate surface area is 95.0 Å². The lowest BCUT2D eigenvalue weighted by Gasteiger charge is -2.18. The fourth-order valence-corrected chi connectivity index (χ4v) is 1.71. The minimum absolute atomic E-state index is 0.558. The van der Waals surface area contributed by atoms with Crippen LogP contribution in [0.15, 0.2) is 23.2 Å². The van der Waals surface area contributed by atoms with Gasteiger partial charge in [0.05, 0.1) is 5.54 Å². The molecule has 0 saturated carbocycles. The van der Waals surface area contributed by atoms with Gasteiger partial charge in [-0.3, -0.25) is 0 Å². The molecular formula is C12H14ClNO. The number of aliphatic imine (C=N–C) groups is 1. The Hall–Kier alpha value is -1.11. The first-order chi connectivity index (χ1) is 7.01. The van der Waals surface area contributed by atoms with Gasteiger partial charge in [0, 0.05) is 5.02 Å². The minimum Gasteiger partial charge on any atom is -0.211 e. The molecular weight excluding hydrogens is 210 g/mol. The zero-order valence-corrected chi connectivity index (χ0v) is 9.93. The summed E-state index contributed by atoms with van der Waals surface area (Å²) < 4.78 is 0. The van der Waals surface area contributed by atoms with E-state index in [4.69, 9.17) is 11.6 Å². The van der Waals surface area contributed by atoms with E-state index in [0.717, 1.165) is 22.6 Å². The van der Waals surface area contributed by atoms with E-state index in [2.05, 4.69) is 11.9 Å². The number of nitrogens with zero attached hydrogens (tertiary/aromatic N) is 1. The SMILES string of the molecule is CCc1ccc(C(C)(C)N=C=O)cc1Cl. The van der Waals surface area contributed by atoms with Gasteiger partial charge < -0.3 is 0 Å². The van der Waals surface area contributed by atoms with Crippen molar-refractivity contribution in [2.24, 2.45) is 4.99 Å². The number of benzene rings is 1. The fraction of sp³-hybridized carbons (Fsp3) is 0.417. The highest BCUT2D eigenvalue weighted by Crippen LogP contribution is 2.28. The number of hydrogen-bond acceptors (Lipinski definition) is 2. The number of aryl methyl sites for hydroxylation is 1. The second-order valence-electron chi connectivity index (χ2n) is 3.92. The van der Waals surface area contributed by atoms with E-state index in [1.165, 1.54) is 0 Å². The maximum absolute atomic E-state index is 10.3. The lowest BCUT2D eigenvalue weighted by atomic mass is 9.94. The number of hydrogen-bond donors (Lipinski definition) is 0. The molecule has 0 saturated heterocycles.